The van der Waals surface area contributed by atoms with Gasteiger partial charge in [-0.25, -0.2) is 14.0 Å². The number of hydrogen-bond donors (Lipinski definition) is 1. The summed E-state index contributed by atoms with van der Waals surface area (Å²) >= 11 is 0. The molecule has 2 fully saturated rings. The molecular weight excluding hydrogens is 555 g/mol. The first-order valence-corrected chi connectivity index (χ1v) is 16.4. The normalized spacial score (nSPS) is 20.7. The van der Waals surface area contributed by atoms with Crippen molar-refractivity contribution in [1.29, 1.82) is 0 Å². The van der Waals surface area contributed by atoms with E-state index < -0.39 is 48.7 Å². The molecule has 4 rings (SSSR count). The van der Waals surface area contributed by atoms with Crippen LogP contribution in [0, 0.1) is 5.82 Å². The monoisotopic (exact) mass is 587 g/mol. The Morgan fingerprint density at radius 1 is 1.05 bits per heavy atom. The first-order valence-electron chi connectivity index (χ1n) is 12.3. The lowest BCUT2D eigenvalue weighted by atomic mass is 10.1. The number of carboxylic acids is 1. The number of carbonyl (C=O) groups excluding carboxylic acids is 1. The van der Waals surface area contributed by atoms with Crippen LogP contribution < -0.4 is 10.3 Å². The van der Waals surface area contributed by atoms with E-state index in [1.807, 2.05) is 0 Å². The molecular formula is C24H32FN3O9P2. The molecule has 1 aliphatic heterocycles. The maximum Gasteiger partial charge on any atom is 0.411 e. The van der Waals surface area contributed by atoms with Gasteiger partial charge in [0.05, 0.1) is 11.2 Å². The summed E-state index contributed by atoms with van der Waals surface area (Å²) in [5.41, 5.74) is -0.495. The third-order valence-corrected chi connectivity index (χ3v) is 14.4. The highest BCUT2D eigenvalue weighted by molar-refractivity contribution is 7.77. The minimum absolute atomic E-state index is 0.00572. The molecule has 1 aromatic heterocycles. The van der Waals surface area contributed by atoms with Gasteiger partial charge < -0.3 is 33.3 Å². The molecule has 0 bridgehead atoms. The van der Waals surface area contributed by atoms with Crippen molar-refractivity contribution >= 4 is 43.4 Å². The second kappa shape index (κ2) is 10.4. The Hall–Kier alpha value is -2.72. The van der Waals surface area contributed by atoms with Gasteiger partial charge in [-0.05, 0) is 31.9 Å². The van der Waals surface area contributed by atoms with Gasteiger partial charge in [-0.3, -0.25) is 13.9 Å². The van der Waals surface area contributed by atoms with Gasteiger partial charge in [0, 0.05) is 71.4 Å². The van der Waals surface area contributed by atoms with Crippen molar-refractivity contribution < 1.29 is 42.0 Å². The van der Waals surface area contributed by atoms with E-state index in [9.17, 15) is 28.6 Å². The van der Waals surface area contributed by atoms with Crippen molar-refractivity contribution in [2.45, 2.75) is 30.9 Å². The van der Waals surface area contributed by atoms with Crippen LogP contribution in [0.2, 0.25) is 0 Å². The summed E-state index contributed by atoms with van der Waals surface area (Å²) in [6, 6.07) is 2.64. The van der Waals surface area contributed by atoms with Gasteiger partial charge >= 0.3 is 12.1 Å². The zero-order chi connectivity index (χ0) is 28.9. The molecule has 1 saturated carbocycles. The fourth-order valence-corrected chi connectivity index (χ4v) is 8.90. The fourth-order valence-electron chi connectivity index (χ4n) is 4.60. The van der Waals surface area contributed by atoms with Crippen molar-refractivity contribution in [3.63, 3.8) is 0 Å². The zero-order valence-corrected chi connectivity index (χ0v) is 24.2. The van der Waals surface area contributed by atoms with E-state index in [0.717, 1.165) is 18.9 Å². The number of amides is 1. The number of hydrogen-bond acceptors (Lipinski definition) is 9. The number of anilines is 1. The molecule has 1 saturated heterocycles. The predicted octanol–water partition coefficient (Wildman–Crippen LogP) is 4.21. The molecule has 1 amide bonds. The van der Waals surface area contributed by atoms with Crippen LogP contribution in [0.25, 0.3) is 10.9 Å². The number of rotatable bonds is 8. The lowest BCUT2D eigenvalue weighted by Gasteiger charge is -2.40. The average molecular weight is 587 g/mol. The number of pyridine rings is 1. The smallest absolute Gasteiger partial charge is 0.411 e. The average Bonchev–Trinajstić information content (AvgIpc) is 3.74. The van der Waals surface area contributed by atoms with E-state index in [-0.39, 0.29) is 43.3 Å². The van der Waals surface area contributed by atoms with Crippen molar-refractivity contribution in [3.8, 4) is 0 Å². The molecule has 39 heavy (non-hydrogen) atoms. The number of fused-ring (bicyclic) bond motifs is 1. The van der Waals surface area contributed by atoms with Crippen LogP contribution in [-0.4, -0.2) is 85.4 Å². The zero-order valence-electron chi connectivity index (χ0n) is 22.4. The quantitative estimate of drug-likeness (QED) is 0.446. The van der Waals surface area contributed by atoms with E-state index in [0.29, 0.717) is 5.52 Å². The van der Waals surface area contributed by atoms with Gasteiger partial charge in [0.15, 0.2) is 0 Å². The second-order valence-corrected chi connectivity index (χ2v) is 16.1. The minimum atomic E-state index is -3.73. The predicted molar refractivity (Wildman–Crippen MR) is 143 cm³/mol. The third kappa shape index (κ3) is 5.13. The first-order chi connectivity index (χ1) is 18.2. The molecule has 2 atom stereocenters. The molecule has 12 nitrogen and oxygen atoms in total. The Labute approximate surface area is 224 Å². The van der Waals surface area contributed by atoms with Crippen LogP contribution in [-0.2, 0) is 22.9 Å². The maximum atomic E-state index is 15.3. The van der Waals surface area contributed by atoms with E-state index in [4.69, 9.17) is 13.8 Å². The van der Waals surface area contributed by atoms with Gasteiger partial charge in [-0.15, -0.1) is 0 Å². The van der Waals surface area contributed by atoms with Gasteiger partial charge in [0.1, 0.15) is 11.4 Å². The molecule has 1 aromatic carbocycles. The lowest BCUT2D eigenvalue weighted by molar-refractivity contribution is 0.0672. The summed E-state index contributed by atoms with van der Waals surface area (Å²) in [6.07, 6.45) is 2.10. The number of halogens is 1. The Morgan fingerprint density at radius 2 is 1.62 bits per heavy atom. The summed E-state index contributed by atoms with van der Waals surface area (Å²) in [6.45, 7) is 4.33. The number of carbonyl (C=O) groups is 2. The van der Waals surface area contributed by atoms with Crippen LogP contribution in [0.4, 0.5) is 14.9 Å². The van der Waals surface area contributed by atoms with Crippen LogP contribution >= 0.6 is 14.7 Å². The molecule has 2 heterocycles. The highest BCUT2D eigenvalue weighted by atomic mass is 31.2. The molecule has 2 unspecified atom stereocenters. The van der Waals surface area contributed by atoms with Crippen molar-refractivity contribution in [2.24, 2.45) is 0 Å². The maximum absolute atomic E-state index is 15.3. The van der Waals surface area contributed by atoms with Crippen LogP contribution in [0.5, 0.6) is 0 Å². The Balaban J connectivity index is 1.58. The molecule has 2 aromatic rings. The Morgan fingerprint density at radius 3 is 2.10 bits per heavy atom. The molecule has 214 valence electrons. The highest BCUT2D eigenvalue weighted by Gasteiger charge is 2.58. The highest BCUT2D eigenvalue weighted by Crippen LogP contribution is 2.73. The summed E-state index contributed by atoms with van der Waals surface area (Å²) in [5.74, 6) is -2.05. The summed E-state index contributed by atoms with van der Waals surface area (Å²) in [7, 11) is -5.12. The van der Waals surface area contributed by atoms with E-state index >= 15 is 4.39 Å². The van der Waals surface area contributed by atoms with E-state index in [2.05, 4.69) is 0 Å². The number of carboxylic acid groups (broad SMARTS) is 1. The molecule has 0 radical (unpaired) electrons. The largest absolute Gasteiger partial charge is 0.477 e. The molecule has 2 aliphatic rings. The lowest BCUT2D eigenvalue weighted by Crippen LogP contribution is -2.50. The summed E-state index contributed by atoms with van der Waals surface area (Å²) in [5, 5.41) is 7.40. The molecule has 1 aliphatic carbocycles. The number of piperazine rings is 1. The fraction of sp³-hybridized carbons (Fsp3) is 0.542. The number of aromatic carboxylic acids is 1. The van der Waals surface area contributed by atoms with Crippen LogP contribution in [0.3, 0.4) is 0 Å². The van der Waals surface area contributed by atoms with Crippen LogP contribution in [0.15, 0.2) is 23.1 Å². The van der Waals surface area contributed by atoms with E-state index in [1.165, 1.54) is 45.6 Å². The molecule has 0 spiro atoms. The van der Waals surface area contributed by atoms with Gasteiger partial charge in [-0.2, -0.15) is 0 Å². The van der Waals surface area contributed by atoms with Gasteiger partial charge in [-0.1, -0.05) is 0 Å². The Bertz CT molecular complexity index is 1460. The second-order valence-electron chi connectivity index (χ2n) is 9.97. The SMILES string of the molecule is COP(C)(=O)C(C)(OC(=O)N1CCN(c2cc3c(cc2F)c(=O)c(C(=O)O)cn3C2CC2)CC1)P(C)(=O)OC. The standard InChI is InChI=1S/C24H32FN3O9P2/c1-24(38(4,33)35-2,39(5,34)36-3)37-23(32)27-10-8-26(9-11-27)20-13-19-16(12-18(20)25)21(29)17(22(30)31)14-28(19)15-6-7-15/h12-15H,6-11H2,1-5H3,(H,30,31). The number of nitrogens with zero attached hydrogens (tertiary/aromatic N) is 3. The molecule has 15 heteroatoms. The van der Waals surface area contributed by atoms with Crippen molar-refractivity contribution in [3.05, 3.63) is 39.9 Å². The first kappa shape index (κ1) is 29.3. The topological polar surface area (TPSA) is 145 Å². The third-order valence-electron chi connectivity index (χ3n) is 7.63. The number of aromatic nitrogens is 1. The number of benzene rings is 1. The van der Waals surface area contributed by atoms with Gasteiger partial charge in [0.2, 0.25) is 5.43 Å². The molecule has 1 N–H and O–H groups in total. The van der Waals surface area contributed by atoms with Crippen molar-refractivity contribution in [2.75, 3.05) is 58.6 Å². The van der Waals surface area contributed by atoms with Crippen LogP contribution in [0.1, 0.15) is 36.2 Å². The number of ether oxygens (including phenoxy) is 1. The summed E-state index contributed by atoms with van der Waals surface area (Å²) < 4.78 is 58.8. The Kier molecular flexibility index (Phi) is 7.77. The summed E-state index contributed by atoms with van der Waals surface area (Å²) in [4.78, 5) is 40.4. The van der Waals surface area contributed by atoms with Gasteiger partial charge in [0.25, 0.3) is 19.8 Å². The van der Waals surface area contributed by atoms with E-state index in [1.54, 1.807) is 15.5 Å². The minimum Gasteiger partial charge on any atom is -0.477 e. The van der Waals surface area contributed by atoms with Crippen molar-refractivity contribution in [1.82, 2.24) is 9.47 Å².